The van der Waals surface area contributed by atoms with Gasteiger partial charge in [0.25, 0.3) is 0 Å². The molecule has 0 fully saturated rings. The van der Waals surface area contributed by atoms with Crippen LogP contribution in [-0.2, 0) is 0 Å². The van der Waals surface area contributed by atoms with Gasteiger partial charge in [0.2, 0.25) is 0 Å². The van der Waals surface area contributed by atoms with Gasteiger partial charge in [0.05, 0.1) is 11.0 Å². The van der Waals surface area contributed by atoms with Crippen molar-refractivity contribution in [2.24, 2.45) is 0 Å². The lowest BCUT2D eigenvalue weighted by Gasteiger charge is -2.11. The van der Waals surface area contributed by atoms with E-state index in [0.29, 0.717) is 27.4 Å². The van der Waals surface area contributed by atoms with Crippen LogP contribution in [0.3, 0.4) is 0 Å². The zero-order valence-electron chi connectivity index (χ0n) is 9.90. The number of pyridine rings is 1. The first-order chi connectivity index (χ1) is 8.96. The zero-order chi connectivity index (χ0) is 13.6. The van der Waals surface area contributed by atoms with E-state index >= 15 is 0 Å². The SMILES string of the molecule is Cc1cn(OC(F)(F)F)c2c1cnc1ccccc12. The number of rotatable bonds is 1. The van der Waals surface area contributed by atoms with Gasteiger partial charge in [0.1, 0.15) is 0 Å². The summed E-state index contributed by atoms with van der Waals surface area (Å²) in [6.07, 6.45) is -1.86. The normalized spacial score (nSPS) is 12.2. The number of hydrogen-bond donors (Lipinski definition) is 0. The first-order valence-corrected chi connectivity index (χ1v) is 5.57. The Kier molecular flexibility index (Phi) is 2.41. The highest BCUT2D eigenvalue weighted by Crippen LogP contribution is 2.28. The number of para-hydroxylation sites is 1. The average molecular weight is 266 g/mol. The molecule has 0 atom stereocenters. The molecule has 2 heterocycles. The van der Waals surface area contributed by atoms with E-state index in [1.165, 1.54) is 6.20 Å². The summed E-state index contributed by atoms with van der Waals surface area (Å²) >= 11 is 0. The Bertz CT molecular complexity index is 761. The molecule has 1 aromatic carbocycles. The van der Waals surface area contributed by atoms with Crippen molar-refractivity contribution in [3.63, 3.8) is 0 Å². The molecule has 0 saturated carbocycles. The standard InChI is InChI=1S/C13H9F3N2O/c1-8-7-18(19-13(14,15)16)12-9-4-2-3-5-11(9)17-6-10(8)12/h2-7H,1H3. The topological polar surface area (TPSA) is 27.1 Å². The third kappa shape index (κ3) is 1.99. The number of hydrogen-bond acceptors (Lipinski definition) is 2. The van der Waals surface area contributed by atoms with Crippen molar-refractivity contribution in [2.45, 2.75) is 13.3 Å². The summed E-state index contributed by atoms with van der Waals surface area (Å²) in [6, 6.07) is 7.00. The second-order valence-electron chi connectivity index (χ2n) is 4.21. The van der Waals surface area contributed by atoms with Gasteiger partial charge in [-0.1, -0.05) is 18.2 Å². The van der Waals surface area contributed by atoms with Gasteiger partial charge in [-0.15, -0.1) is 13.2 Å². The molecule has 0 aliphatic carbocycles. The Hall–Kier alpha value is -2.24. The monoisotopic (exact) mass is 266 g/mol. The molecular formula is C13H9F3N2O. The predicted molar refractivity (Wildman–Crippen MR) is 64.6 cm³/mol. The van der Waals surface area contributed by atoms with Crippen molar-refractivity contribution in [2.75, 3.05) is 0 Å². The van der Waals surface area contributed by atoms with E-state index in [1.807, 2.05) is 0 Å². The molecule has 0 radical (unpaired) electrons. The molecule has 0 aliphatic rings. The van der Waals surface area contributed by atoms with E-state index in [-0.39, 0.29) is 0 Å². The maximum atomic E-state index is 12.4. The van der Waals surface area contributed by atoms with Gasteiger partial charge >= 0.3 is 6.36 Å². The number of aryl methyl sites for hydroxylation is 1. The molecule has 0 unspecified atom stereocenters. The molecule has 3 nitrogen and oxygen atoms in total. The second-order valence-corrected chi connectivity index (χ2v) is 4.21. The minimum absolute atomic E-state index is 0.375. The lowest BCUT2D eigenvalue weighted by molar-refractivity contribution is -0.320. The lowest BCUT2D eigenvalue weighted by atomic mass is 10.1. The summed E-state index contributed by atoms with van der Waals surface area (Å²) in [6.45, 7) is 1.72. The largest absolute Gasteiger partial charge is 0.591 e. The van der Waals surface area contributed by atoms with Crippen LogP contribution in [0.5, 0.6) is 0 Å². The number of aromatic nitrogens is 2. The summed E-state index contributed by atoms with van der Waals surface area (Å²) in [4.78, 5) is 8.26. The van der Waals surface area contributed by atoms with Crippen LogP contribution >= 0.6 is 0 Å². The Morgan fingerprint density at radius 3 is 2.63 bits per heavy atom. The van der Waals surface area contributed by atoms with Gasteiger partial charge in [0.15, 0.2) is 0 Å². The van der Waals surface area contributed by atoms with Crippen molar-refractivity contribution >= 4 is 21.8 Å². The summed E-state index contributed by atoms with van der Waals surface area (Å²) in [5.41, 5.74) is 1.68. The van der Waals surface area contributed by atoms with Gasteiger partial charge in [0, 0.05) is 23.2 Å². The fraction of sp³-hybridized carbons (Fsp3) is 0.154. The molecule has 0 bridgehead atoms. The van der Waals surface area contributed by atoms with E-state index in [1.54, 1.807) is 37.4 Å². The first kappa shape index (κ1) is 11.8. The van der Waals surface area contributed by atoms with Crippen LogP contribution in [0, 0.1) is 6.92 Å². The third-order valence-electron chi connectivity index (χ3n) is 2.91. The van der Waals surface area contributed by atoms with Gasteiger partial charge in [-0.25, -0.2) is 0 Å². The van der Waals surface area contributed by atoms with Crippen molar-refractivity contribution < 1.29 is 18.0 Å². The van der Waals surface area contributed by atoms with Crippen LogP contribution in [0.2, 0.25) is 0 Å². The zero-order valence-corrected chi connectivity index (χ0v) is 9.90. The smallest absolute Gasteiger partial charge is 0.313 e. The Balaban J connectivity index is 2.36. The quantitative estimate of drug-likeness (QED) is 0.674. The highest BCUT2D eigenvalue weighted by atomic mass is 19.4. The lowest BCUT2D eigenvalue weighted by Crippen LogP contribution is -2.26. The first-order valence-electron chi connectivity index (χ1n) is 5.57. The van der Waals surface area contributed by atoms with E-state index in [4.69, 9.17) is 0 Å². The van der Waals surface area contributed by atoms with E-state index in [9.17, 15) is 13.2 Å². The highest BCUT2D eigenvalue weighted by Gasteiger charge is 2.33. The van der Waals surface area contributed by atoms with Crippen LogP contribution < -0.4 is 4.84 Å². The molecule has 98 valence electrons. The molecule has 3 aromatic rings. The summed E-state index contributed by atoms with van der Waals surface area (Å²) < 4.78 is 38.0. The van der Waals surface area contributed by atoms with Crippen LogP contribution in [0.1, 0.15) is 5.56 Å². The maximum Gasteiger partial charge on any atom is 0.591 e. The second kappa shape index (κ2) is 3.88. The number of halogens is 3. The van der Waals surface area contributed by atoms with Gasteiger partial charge < -0.3 is 4.84 Å². The predicted octanol–water partition coefficient (Wildman–Crippen LogP) is 3.45. The van der Waals surface area contributed by atoms with Crippen LogP contribution in [0.15, 0.2) is 36.7 Å². The van der Waals surface area contributed by atoms with Crippen LogP contribution in [0.4, 0.5) is 13.2 Å². The summed E-state index contributed by atoms with van der Waals surface area (Å²) in [5.74, 6) is 0. The van der Waals surface area contributed by atoms with Gasteiger partial charge in [-0.2, -0.15) is 4.73 Å². The van der Waals surface area contributed by atoms with E-state index < -0.39 is 6.36 Å². The highest BCUT2D eigenvalue weighted by molar-refractivity contribution is 6.04. The minimum Gasteiger partial charge on any atom is -0.313 e. The van der Waals surface area contributed by atoms with E-state index in [0.717, 1.165) is 4.73 Å². The molecule has 2 aromatic heterocycles. The van der Waals surface area contributed by atoms with E-state index in [2.05, 4.69) is 9.82 Å². The molecule has 19 heavy (non-hydrogen) atoms. The van der Waals surface area contributed by atoms with Crippen LogP contribution in [-0.4, -0.2) is 16.1 Å². The Morgan fingerprint density at radius 2 is 1.89 bits per heavy atom. The number of benzene rings is 1. The summed E-state index contributed by atoms with van der Waals surface area (Å²) in [5, 5.41) is 1.26. The van der Waals surface area contributed by atoms with Crippen molar-refractivity contribution in [3.8, 4) is 0 Å². The maximum absolute atomic E-state index is 12.4. The molecular weight excluding hydrogens is 257 g/mol. The Labute approximate surface area is 106 Å². The van der Waals surface area contributed by atoms with Crippen molar-refractivity contribution in [3.05, 3.63) is 42.2 Å². The molecule has 6 heteroatoms. The number of fused-ring (bicyclic) bond motifs is 3. The van der Waals surface area contributed by atoms with Crippen molar-refractivity contribution in [1.82, 2.24) is 9.71 Å². The molecule has 0 spiro atoms. The fourth-order valence-electron chi connectivity index (χ4n) is 2.15. The summed E-state index contributed by atoms with van der Waals surface area (Å²) in [7, 11) is 0. The molecule has 0 N–H and O–H groups in total. The van der Waals surface area contributed by atoms with Crippen LogP contribution in [0.25, 0.3) is 21.8 Å². The number of alkyl halides is 3. The minimum atomic E-state index is -4.73. The molecule has 3 rings (SSSR count). The molecule has 0 aliphatic heterocycles. The van der Waals surface area contributed by atoms with Crippen molar-refractivity contribution in [1.29, 1.82) is 0 Å². The molecule has 0 saturated heterocycles. The average Bonchev–Trinajstić information content (AvgIpc) is 2.64. The van der Waals surface area contributed by atoms with Gasteiger partial charge in [-0.05, 0) is 18.6 Å². The number of nitrogens with zero attached hydrogens (tertiary/aromatic N) is 2. The third-order valence-corrected chi connectivity index (χ3v) is 2.91. The Morgan fingerprint density at radius 1 is 1.16 bits per heavy atom. The molecule has 0 amide bonds. The fourth-order valence-corrected chi connectivity index (χ4v) is 2.15. The van der Waals surface area contributed by atoms with Gasteiger partial charge in [-0.3, -0.25) is 4.98 Å².